The van der Waals surface area contributed by atoms with Gasteiger partial charge < -0.3 is 19.8 Å². The molecule has 1 aromatic carbocycles. The van der Waals surface area contributed by atoms with E-state index in [1.54, 1.807) is 6.07 Å². The van der Waals surface area contributed by atoms with Crippen molar-refractivity contribution in [1.82, 2.24) is 9.80 Å². The van der Waals surface area contributed by atoms with Gasteiger partial charge in [0.1, 0.15) is 0 Å². The molecule has 1 aromatic rings. The lowest BCUT2D eigenvalue weighted by atomic mass is 10.0. The second-order valence-corrected chi connectivity index (χ2v) is 8.09. The van der Waals surface area contributed by atoms with Gasteiger partial charge in [0.15, 0.2) is 0 Å². The van der Waals surface area contributed by atoms with E-state index in [1.807, 2.05) is 4.90 Å². The number of anilines is 1. The number of hydrogen-bond acceptors (Lipinski definition) is 6. The molecule has 8 heteroatoms. The van der Waals surface area contributed by atoms with Crippen LogP contribution in [0.5, 0.6) is 0 Å². The van der Waals surface area contributed by atoms with Gasteiger partial charge in [0.05, 0.1) is 16.2 Å². The summed E-state index contributed by atoms with van der Waals surface area (Å²) in [5, 5.41) is 20.3. The number of nitro groups is 1. The second-order valence-electron chi connectivity index (χ2n) is 8.09. The van der Waals surface area contributed by atoms with E-state index in [0.717, 1.165) is 57.4 Å². The summed E-state index contributed by atoms with van der Waals surface area (Å²) in [5.41, 5.74) is 1.24. The molecule has 29 heavy (non-hydrogen) atoms. The Balaban J connectivity index is 1.74. The molecule has 3 rings (SSSR count). The van der Waals surface area contributed by atoms with Crippen molar-refractivity contribution in [1.29, 1.82) is 0 Å². The molecular formula is C21H32N4O4. The van der Waals surface area contributed by atoms with Crippen molar-refractivity contribution in [2.75, 3.05) is 51.3 Å². The Morgan fingerprint density at radius 1 is 1.21 bits per heavy atom. The van der Waals surface area contributed by atoms with Gasteiger partial charge in [-0.25, -0.2) is 0 Å². The molecule has 0 unspecified atom stereocenters. The Hall–Kier alpha value is -2.19. The summed E-state index contributed by atoms with van der Waals surface area (Å²) in [7, 11) is 2.06. The first-order valence-electron chi connectivity index (χ1n) is 10.6. The monoisotopic (exact) mass is 404 g/mol. The topological polar surface area (TPSA) is 90.2 Å². The average molecular weight is 405 g/mol. The van der Waals surface area contributed by atoms with Gasteiger partial charge in [-0.3, -0.25) is 14.9 Å². The van der Waals surface area contributed by atoms with E-state index in [0.29, 0.717) is 24.7 Å². The van der Waals surface area contributed by atoms with Gasteiger partial charge in [-0.2, -0.15) is 0 Å². The zero-order valence-electron chi connectivity index (χ0n) is 17.3. The highest BCUT2D eigenvalue weighted by atomic mass is 16.6. The van der Waals surface area contributed by atoms with E-state index in [2.05, 4.69) is 16.8 Å². The van der Waals surface area contributed by atoms with Gasteiger partial charge in [-0.05, 0) is 51.6 Å². The van der Waals surface area contributed by atoms with Crippen LogP contribution in [0, 0.1) is 10.1 Å². The summed E-state index contributed by atoms with van der Waals surface area (Å²) in [4.78, 5) is 30.5. The molecule has 0 bridgehead atoms. The maximum atomic E-state index is 13.3. The Kier molecular flexibility index (Phi) is 7.44. The molecule has 160 valence electrons. The summed E-state index contributed by atoms with van der Waals surface area (Å²) in [5.74, 6) is -0.106. The molecule has 2 aliphatic rings. The normalized spacial score (nSPS) is 18.3. The number of aliphatic hydroxyl groups is 1. The highest BCUT2D eigenvalue weighted by Crippen LogP contribution is 2.30. The number of amides is 1. The van der Waals surface area contributed by atoms with Crippen LogP contribution in [0.1, 0.15) is 48.9 Å². The third-order valence-electron chi connectivity index (χ3n) is 6.16. The number of hydrogen-bond donors (Lipinski definition) is 1. The predicted molar refractivity (Wildman–Crippen MR) is 112 cm³/mol. The fourth-order valence-corrected chi connectivity index (χ4v) is 4.40. The Labute approximate surface area is 172 Å². The molecule has 8 nitrogen and oxygen atoms in total. The van der Waals surface area contributed by atoms with E-state index in [9.17, 15) is 14.9 Å². The summed E-state index contributed by atoms with van der Waals surface area (Å²) in [6, 6.07) is 5.10. The number of piperidine rings is 2. The van der Waals surface area contributed by atoms with Crippen molar-refractivity contribution >= 4 is 17.3 Å². The number of likely N-dealkylation sites (tertiary alicyclic amines) is 1. The molecule has 0 saturated carbocycles. The maximum absolute atomic E-state index is 13.3. The van der Waals surface area contributed by atoms with Crippen molar-refractivity contribution in [3.63, 3.8) is 0 Å². The Bertz CT molecular complexity index is 713. The van der Waals surface area contributed by atoms with E-state index in [-0.39, 0.29) is 18.2 Å². The van der Waals surface area contributed by atoms with Crippen LogP contribution in [0.2, 0.25) is 0 Å². The minimum Gasteiger partial charge on any atom is -0.396 e. The first kappa shape index (κ1) is 21.5. The third kappa shape index (κ3) is 5.25. The van der Waals surface area contributed by atoms with Crippen LogP contribution in [0.25, 0.3) is 0 Å². The number of carbonyl (C=O) groups excluding carboxylic acids is 1. The summed E-state index contributed by atoms with van der Waals surface area (Å²) in [6.45, 7) is 4.10. The zero-order valence-corrected chi connectivity index (χ0v) is 17.3. The SMILES string of the molecule is CN(CCCO)C1CCN(C(=O)c2cc([N+](=O)[O-])ccc2N2CCCCC2)CC1. The standard InChI is InChI=1S/C21H32N4O4/c1-22(10-5-15-26)17-8-13-24(14-9-17)21(27)19-16-18(25(28)29)6-7-20(19)23-11-3-2-4-12-23/h6-7,16-17,26H,2-5,8-15H2,1H3. The number of aliphatic hydroxyl groups excluding tert-OH is 1. The first-order valence-corrected chi connectivity index (χ1v) is 10.6. The number of nitrogens with zero attached hydrogens (tertiary/aromatic N) is 4. The fraction of sp³-hybridized carbons (Fsp3) is 0.667. The summed E-state index contributed by atoms with van der Waals surface area (Å²) >= 11 is 0. The van der Waals surface area contributed by atoms with Gasteiger partial charge in [0, 0.05) is 57.5 Å². The fourth-order valence-electron chi connectivity index (χ4n) is 4.40. The van der Waals surface area contributed by atoms with Gasteiger partial charge in [-0.15, -0.1) is 0 Å². The predicted octanol–water partition coefficient (Wildman–Crippen LogP) is 2.50. The van der Waals surface area contributed by atoms with Crippen LogP contribution in [0.4, 0.5) is 11.4 Å². The van der Waals surface area contributed by atoms with Gasteiger partial charge in [-0.1, -0.05) is 0 Å². The molecule has 1 N–H and O–H groups in total. The highest BCUT2D eigenvalue weighted by Gasteiger charge is 2.29. The van der Waals surface area contributed by atoms with Crippen molar-refractivity contribution in [3.05, 3.63) is 33.9 Å². The maximum Gasteiger partial charge on any atom is 0.270 e. The molecular weight excluding hydrogens is 372 g/mol. The lowest BCUT2D eigenvalue weighted by Gasteiger charge is -2.37. The zero-order chi connectivity index (χ0) is 20.8. The first-order chi connectivity index (χ1) is 14.0. The average Bonchev–Trinajstić information content (AvgIpc) is 2.77. The van der Waals surface area contributed by atoms with Crippen molar-refractivity contribution in [3.8, 4) is 0 Å². The van der Waals surface area contributed by atoms with Gasteiger partial charge >= 0.3 is 0 Å². The minimum atomic E-state index is -0.431. The van der Waals surface area contributed by atoms with Crippen molar-refractivity contribution < 1.29 is 14.8 Å². The summed E-state index contributed by atoms with van der Waals surface area (Å²) in [6.07, 6.45) is 5.85. The molecule has 1 amide bonds. The van der Waals surface area contributed by atoms with Gasteiger partial charge in [0.2, 0.25) is 0 Å². The Morgan fingerprint density at radius 3 is 2.52 bits per heavy atom. The van der Waals surface area contributed by atoms with Crippen LogP contribution in [0.15, 0.2) is 18.2 Å². The molecule has 0 radical (unpaired) electrons. The number of non-ortho nitro benzene ring substituents is 1. The van der Waals surface area contributed by atoms with Crippen LogP contribution in [0.3, 0.4) is 0 Å². The van der Waals surface area contributed by atoms with E-state index in [4.69, 9.17) is 5.11 Å². The third-order valence-corrected chi connectivity index (χ3v) is 6.16. The number of rotatable bonds is 7. The summed E-state index contributed by atoms with van der Waals surface area (Å²) < 4.78 is 0. The van der Waals surface area contributed by atoms with E-state index in [1.165, 1.54) is 18.6 Å². The molecule has 2 fully saturated rings. The molecule has 0 aliphatic carbocycles. The molecule has 2 aliphatic heterocycles. The second kappa shape index (κ2) is 10.0. The molecule has 0 spiro atoms. The van der Waals surface area contributed by atoms with Crippen LogP contribution in [-0.4, -0.2) is 78.2 Å². The lowest BCUT2D eigenvalue weighted by molar-refractivity contribution is -0.384. The quantitative estimate of drug-likeness (QED) is 0.555. The Morgan fingerprint density at radius 2 is 1.90 bits per heavy atom. The van der Waals surface area contributed by atoms with Crippen LogP contribution in [-0.2, 0) is 0 Å². The number of nitro benzene ring substituents is 1. The molecule has 2 heterocycles. The number of benzene rings is 1. The molecule has 0 atom stereocenters. The minimum absolute atomic E-state index is 0.0345. The largest absolute Gasteiger partial charge is 0.396 e. The van der Waals surface area contributed by atoms with Crippen molar-refractivity contribution in [2.45, 2.75) is 44.6 Å². The smallest absolute Gasteiger partial charge is 0.270 e. The van der Waals surface area contributed by atoms with E-state index >= 15 is 0 Å². The lowest BCUT2D eigenvalue weighted by Crippen LogP contribution is -2.46. The molecule has 2 saturated heterocycles. The van der Waals surface area contributed by atoms with Crippen LogP contribution < -0.4 is 4.90 Å². The van der Waals surface area contributed by atoms with Gasteiger partial charge in [0.25, 0.3) is 11.6 Å². The number of carbonyl (C=O) groups is 1. The van der Waals surface area contributed by atoms with E-state index < -0.39 is 4.92 Å². The van der Waals surface area contributed by atoms with Crippen LogP contribution >= 0.6 is 0 Å². The highest BCUT2D eigenvalue weighted by molar-refractivity contribution is 6.00. The molecule has 0 aromatic heterocycles. The van der Waals surface area contributed by atoms with Crippen molar-refractivity contribution in [2.24, 2.45) is 0 Å².